The molecule has 34 heavy (non-hydrogen) atoms. The van der Waals surface area contributed by atoms with E-state index in [0.717, 1.165) is 30.1 Å². The summed E-state index contributed by atoms with van der Waals surface area (Å²) in [5.74, 6) is -0.701. The van der Waals surface area contributed by atoms with E-state index in [-0.39, 0.29) is 34.2 Å². The fourth-order valence-corrected chi connectivity index (χ4v) is 3.46. The Morgan fingerprint density at radius 1 is 1.24 bits per heavy atom. The fraction of sp³-hybridized carbons (Fsp3) is 0.158. The highest BCUT2D eigenvalue weighted by atomic mass is 32.2. The van der Waals surface area contributed by atoms with Gasteiger partial charge >= 0.3 is 0 Å². The maximum atomic E-state index is 12.1. The van der Waals surface area contributed by atoms with Gasteiger partial charge in [-0.3, -0.25) is 25.0 Å². The van der Waals surface area contributed by atoms with Gasteiger partial charge in [0.05, 0.1) is 35.0 Å². The largest absolute Gasteiger partial charge is 0.504 e. The maximum absolute atomic E-state index is 12.1. The zero-order valence-corrected chi connectivity index (χ0v) is 18.6. The second kappa shape index (κ2) is 10.4. The van der Waals surface area contributed by atoms with Crippen molar-refractivity contribution in [2.24, 2.45) is 12.1 Å². The van der Waals surface area contributed by atoms with Gasteiger partial charge in [0.2, 0.25) is 0 Å². The summed E-state index contributed by atoms with van der Waals surface area (Å²) < 4.78 is 6.49. The molecule has 0 unspecified atom stereocenters. The minimum absolute atomic E-state index is 0.0195. The Morgan fingerprint density at radius 3 is 2.65 bits per heavy atom. The summed E-state index contributed by atoms with van der Waals surface area (Å²) in [6.07, 6.45) is 1.05. The van der Waals surface area contributed by atoms with Crippen molar-refractivity contribution in [1.29, 1.82) is 0 Å². The van der Waals surface area contributed by atoms with Crippen molar-refractivity contribution in [3.05, 3.63) is 62.2 Å². The molecular formula is C19H17N7O7S. The Bertz CT molecular complexity index is 1290. The van der Waals surface area contributed by atoms with Crippen molar-refractivity contribution in [3.8, 4) is 22.9 Å². The predicted octanol–water partition coefficient (Wildman–Crippen LogP) is 2.26. The smallest absolute Gasteiger partial charge is 0.274 e. The molecule has 2 N–H and O–H groups in total. The number of nitrogens with one attached hydrogen (secondary N) is 1. The average Bonchev–Trinajstić information content (AvgIpc) is 3.18. The standard InChI is InChI=1S/C19H17N7O7S/c1-24-18(11-4-3-5-13(6-11)25(29)30)22-23-19(24)34-10-16(27)21-20-9-12-7-14(26(31)32)8-15(33-2)17(12)28/h3-9,28H,10H2,1-2H3,(H,21,27)/b20-9+. The quantitative estimate of drug-likeness (QED) is 0.196. The molecule has 14 nitrogen and oxygen atoms in total. The first-order valence-corrected chi connectivity index (χ1v) is 10.3. The molecule has 3 rings (SSSR count). The molecule has 0 aliphatic rings. The SMILES string of the molecule is COc1cc([N+](=O)[O-])cc(/C=N/NC(=O)CSc2nnc(-c3cccc([N+](=O)[O-])c3)n2C)c1O. The minimum Gasteiger partial charge on any atom is -0.504 e. The Morgan fingerprint density at radius 2 is 1.97 bits per heavy atom. The molecular weight excluding hydrogens is 470 g/mol. The molecule has 3 aromatic rings. The van der Waals surface area contributed by atoms with Gasteiger partial charge in [0, 0.05) is 36.4 Å². The molecule has 1 amide bonds. The van der Waals surface area contributed by atoms with Crippen LogP contribution < -0.4 is 10.2 Å². The molecule has 0 bridgehead atoms. The van der Waals surface area contributed by atoms with Crippen molar-refractivity contribution >= 4 is 35.3 Å². The lowest BCUT2D eigenvalue weighted by atomic mass is 10.2. The van der Waals surface area contributed by atoms with Gasteiger partial charge in [0.1, 0.15) is 0 Å². The number of amides is 1. The van der Waals surface area contributed by atoms with Crippen LogP contribution in [0.3, 0.4) is 0 Å². The van der Waals surface area contributed by atoms with Crippen LogP contribution in [0.25, 0.3) is 11.4 Å². The van der Waals surface area contributed by atoms with Crippen molar-refractivity contribution < 1.29 is 24.5 Å². The van der Waals surface area contributed by atoms with E-state index in [2.05, 4.69) is 20.7 Å². The molecule has 0 saturated heterocycles. The Hall–Kier alpha value is -4.53. The fourth-order valence-electron chi connectivity index (χ4n) is 2.76. The first-order chi connectivity index (χ1) is 16.2. The number of benzene rings is 2. The third-order valence-corrected chi connectivity index (χ3v) is 5.42. The Balaban J connectivity index is 1.64. The zero-order chi connectivity index (χ0) is 24.8. The van der Waals surface area contributed by atoms with Gasteiger partial charge in [-0.05, 0) is 0 Å². The van der Waals surface area contributed by atoms with Crippen molar-refractivity contribution in [2.75, 3.05) is 12.9 Å². The number of nitrogens with zero attached hydrogens (tertiary/aromatic N) is 6. The molecule has 0 aliphatic heterocycles. The lowest BCUT2D eigenvalue weighted by Crippen LogP contribution is -2.20. The summed E-state index contributed by atoms with van der Waals surface area (Å²) in [5, 5.41) is 44.2. The van der Waals surface area contributed by atoms with Crippen LogP contribution in [0.15, 0.2) is 46.7 Å². The van der Waals surface area contributed by atoms with Gasteiger partial charge < -0.3 is 14.4 Å². The van der Waals surface area contributed by atoms with Gasteiger partial charge in [0.15, 0.2) is 22.5 Å². The molecule has 0 atom stereocenters. The second-order valence-corrected chi connectivity index (χ2v) is 7.54. The van der Waals surface area contributed by atoms with Crippen LogP contribution in [0, 0.1) is 20.2 Å². The van der Waals surface area contributed by atoms with Crippen LogP contribution in [0.5, 0.6) is 11.5 Å². The number of hydrogen-bond donors (Lipinski definition) is 2. The number of carbonyl (C=O) groups is 1. The van der Waals surface area contributed by atoms with E-state index in [0.29, 0.717) is 16.5 Å². The number of rotatable bonds is 9. The van der Waals surface area contributed by atoms with Crippen molar-refractivity contribution in [3.63, 3.8) is 0 Å². The molecule has 176 valence electrons. The first kappa shape index (κ1) is 24.1. The number of methoxy groups -OCH3 is 1. The molecule has 1 heterocycles. The Kier molecular flexibility index (Phi) is 7.37. The van der Waals surface area contributed by atoms with Crippen LogP contribution in [-0.4, -0.2) is 54.7 Å². The molecule has 0 spiro atoms. The van der Waals surface area contributed by atoms with E-state index in [1.165, 1.54) is 25.3 Å². The van der Waals surface area contributed by atoms with E-state index in [4.69, 9.17) is 4.74 Å². The average molecular weight is 487 g/mol. The number of thioether (sulfide) groups is 1. The number of aromatic nitrogens is 3. The van der Waals surface area contributed by atoms with Gasteiger partial charge in [-0.25, -0.2) is 5.43 Å². The van der Waals surface area contributed by atoms with Crippen molar-refractivity contribution in [1.82, 2.24) is 20.2 Å². The number of hydrazone groups is 1. The lowest BCUT2D eigenvalue weighted by molar-refractivity contribution is -0.385. The van der Waals surface area contributed by atoms with Gasteiger partial charge in [-0.2, -0.15) is 5.10 Å². The molecule has 0 saturated carbocycles. The summed E-state index contributed by atoms with van der Waals surface area (Å²) in [4.78, 5) is 32.9. The molecule has 0 aliphatic carbocycles. The highest BCUT2D eigenvalue weighted by Crippen LogP contribution is 2.33. The second-order valence-electron chi connectivity index (χ2n) is 6.60. The highest BCUT2D eigenvalue weighted by Gasteiger charge is 2.17. The first-order valence-electron chi connectivity index (χ1n) is 9.35. The number of ether oxygens (including phenoxy) is 1. The number of nitro groups is 2. The number of phenols is 1. The monoisotopic (exact) mass is 487 g/mol. The third kappa shape index (κ3) is 5.44. The summed E-state index contributed by atoms with van der Waals surface area (Å²) >= 11 is 1.05. The van der Waals surface area contributed by atoms with E-state index in [1.54, 1.807) is 17.7 Å². The number of carbonyl (C=O) groups excluding carboxylic acids is 1. The van der Waals surface area contributed by atoms with E-state index < -0.39 is 15.8 Å². The number of nitro benzene ring substituents is 2. The summed E-state index contributed by atoms with van der Waals surface area (Å²) in [7, 11) is 2.90. The number of hydrogen-bond acceptors (Lipinski definition) is 11. The van der Waals surface area contributed by atoms with Gasteiger partial charge in [0.25, 0.3) is 17.3 Å². The van der Waals surface area contributed by atoms with Crippen LogP contribution >= 0.6 is 11.8 Å². The van der Waals surface area contributed by atoms with Crippen LogP contribution in [-0.2, 0) is 11.8 Å². The third-order valence-electron chi connectivity index (χ3n) is 4.40. The van der Waals surface area contributed by atoms with Crippen LogP contribution in [0.4, 0.5) is 11.4 Å². The molecule has 2 aromatic carbocycles. The maximum Gasteiger partial charge on any atom is 0.274 e. The predicted molar refractivity (Wildman–Crippen MR) is 121 cm³/mol. The van der Waals surface area contributed by atoms with Crippen LogP contribution in [0.1, 0.15) is 5.56 Å². The Labute approximate surface area is 195 Å². The normalized spacial score (nSPS) is 10.9. The van der Waals surface area contributed by atoms with E-state index in [9.17, 15) is 30.1 Å². The van der Waals surface area contributed by atoms with E-state index in [1.807, 2.05) is 0 Å². The van der Waals surface area contributed by atoms with E-state index >= 15 is 0 Å². The topological polar surface area (TPSA) is 188 Å². The van der Waals surface area contributed by atoms with Gasteiger partial charge in [-0.1, -0.05) is 23.9 Å². The number of aromatic hydroxyl groups is 1. The summed E-state index contributed by atoms with van der Waals surface area (Å²) in [5.41, 5.74) is 2.32. The summed E-state index contributed by atoms with van der Waals surface area (Å²) in [6.45, 7) is 0. The minimum atomic E-state index is -0.655. The summed E-state index contributed by atoms with van der Waals surface area (Å²) in [6, 6.07) is 8.07. The molecule has 15 heteroatoms. The molecule has 0 radical (unpaired) electrons. The van der Waals surface area contributed by atoms with Crippen LogP contribution in [0.2, 0.25) is 0 Å². The zero-order valence-electron chi connectivity index (χ0n) is 17.7. The molecule has 1 aromatic heterocycles. The highest BCUT2D eigenvalue weighted by molar-refractivity contribution is 7.99. The number of non-ortho nitro benzene ring substituents is 2. The van der Waals surface area contributed by atoms with Gasteiger partial charge in [-0.15, -0.1) is 10.2 Å². The lowest BCUT2D eigenvalue weighted by Gasteiger charge is -2.06. The van der Waals surface area contributed by atoms with Crippen molar-refractivity contribution in [2.45, 2.75) is 5.16 Å². The molecule has 0 fully saturated rings. The number of phenolic OH excluding ortho intramolecular Hbond substituents is 1.